The van der Waals surface area contributed by atoms with E-state index in [1.165, 1.54) is 18.2 Å². The zero-order chi connectivity index (χ0) is 9.84. The van der Waals surface area contributed by atoms with E-state index < -0.39 is 0 Å². The molecule has 0 N–H and O–H groups in total. The number of hydrogen-bond acceptors (Lipinski definition) is 1. The van der Waals surface area contributed by atoms with Gasteiger partial charge in [0, 0.05) is 5.92 Å². The Morgan fingerprint density at radius 3 is 2.77 bits per heavy atom. The van der Waals surface area contributed by atoms with Crippen LogP contribution in [0.15, 0.2) is 30.9 Å². The number of nitriles is 1. The monoisotopic (exact) mass is 174 g/mol. The van der Waals surface area contributed by atoms with Crippen LogP contribution in [0, 0.1) is 24.1 Å². The third-order valence-electron chi connectivity index (χ3n) is 1.81. The molecule has 0 fully saturated rings. The molecule has 1 radical (unpaired) electrons. The molecular weight excluding hydrogens is 165 g/mol. The second kappa shape index (κ2) is 3.86. The van der Waals surface area contributed by atoms with E-state index in [0.29, 0.717) is 11.1 Å². The summed E-state index contributed by atoms with van der Waals surface area (Å²) in [5.74, 6) is -0.660. The summed E-state index contributed by atoms with van der Waals surface area (Å²) < 4.78 is 13.1. The van der Waals surface area contributed by atoms with Crippen LogP contribution in [0.3, 0.4) is 0 Å². The lowest BCUT2D eigenvalue weighted by molar-refractivity contribution is 0.609. The molecule has 0 bridgehead atoms. The molecule has 0 heterocycles. The van der Waals surface area contributed by atoms with Gasteiger partial charge in [0.1, 0.15) is 5.82 Å². The Bertz CT molecular complexity index is 363. The highest BCUT2D eigenvalue weighted by Gasteiger charge is 2.08. The number of hydrogen-bond donors (Lipinski definition) is 0. The quantitative estimate of drug-likeness (QED) is 0.632. The van der Waals surface area contributed by atoms with Gasteiger partial charge in [0.05, 0.1) is 11.6 Å². The summed E-state index contributed by atoms with van der Waals surface area (Å²) in [6.45, 7) is 7.22. The van der Waals surface area contributed by atoms with E-state index in [1.807, 2.05) is 6.07 Å². The van der Waals surface area contributed by atoms with Crippen molar-refractivity contribution in [3.05, 3.63) is 54.7 Å². The lowest BCUT2D eigenvalue weighted by atomic mass is 9.99. The van der Waals surface area contributed by atoms with Crippen molar-refractivity contribution >= 4 is 0 Å². The van der Waals surface area contributed by atoms with Crippen molar-refractivity contribution in [3.63, 3.8) is 0 Å². The van der Waals surface area contributed by atoms with Gasteiger partial charge in [0.15, 0.2) is 0 Å². The summed E-state index contributed by atoms with van der Waals surface area (Å²) in [5, 5.41) is 8.59. The summed E-state index contributed by atoms with van der Waals surface area (Å²) in [5.41, 5.74) is 0.848. The van der Waals surface area contributed by atoms with Gasteiger partial charge in [-0.3, -0.25) is 0 Å². The Morgan fingerprint density at radius 1 is 1.54 bits per heavy atom. The Balaban J connectivity index is 3.20. The van der Waals surface area contributed by atoms with E-state index in [-0.39, 0.29) is 11.7 Å². The van der Waals surface area contributed by atoms with Crippen LogP contribution in [-0.2, 0) is 0 Å². The summed E-state index contributed by atoms with van der Waals surface area (Å²) in [4.78, 5) is 0. The number of benzene rings is 1. The minimum Gasteiger partial charge on any atom is -0.207 e. The Hall–Kier alpha value is -1.62. The van der Waals surface area contributed by atoms with E-state index in [2.05, 4.69) is 13.5 Å². The van der Waals surface area contributed by atoms with E-state index >= 15 is 0 Å². The van der Waals surface area contributed by atoms with Gasteiger partial charge in [-0.2, -0.15) is 5.26 Å². The van der Waals surface area contributed by atoms with Crippen LogP contribution in [0.5, 0.6) is 0 Å². The first-order valence-electron chi connectivity index (χ1n) is 3.84. The maximum Gasteiger partial charge on any atom is 0.127 e. The van der Waals surface area contributed by atoms with Crippen molar-refractivity contribution in [1.82, 2.24) is 0 Å². The second-order valence-corrected chi connectivity index (χ2v) is 2.69. The van der Waals surface area contributed by atoms with Crippen molar-refractivity contribution in [2.24, 2.45) is 0 Å². The average Bonchev–Trinajstić information content (AvgIpc) is 2.17. The maximum absolute atomic E-state index is 13.1. The molecule has 1 nitrogen and oxygen atoms in total. The standard InChI is InChI=1S/C11H9FN/c1-3-8(2)10-6-9(7-13)4-5-11(10)12/h3-6,8H,1-2H2. The first kappa shape index (κ1) is 9.47. The highest BCUT2D eigenvalue weighted by atomic mass is 19.1. The summed E-state index contributed by atoms with van der Waals surface area (Å²) in [6, 6.07) is 6.15. The molecule has 1 aromatic rings. The van der Waals surface area contributed by atoms with E-state index in [1.54, 1.807) is 6.08 Å². The third kappa shape index (κ3) is 1.94. The van der Waals surface area contributed by atoms with Crippen LogP contribution >= 0.6 is 0 Å². The van der Waals surface area contributed by atoms with E-state index in [9.17, 15) is 4.39 Å². The minimum atomic E-state index is -0.348. The molecule has 0 spiro atoms. The zero-order valence-electron chi connectivity index (χ0n) is 7.13. The number of allylic oxidation sites excluding steroid dienone is 1. The molecule has 0 aliphatic rings. The highest BCUT2D eigenvalue weighted by Crippen LogP contribution is 2.20. The summed E-state index contributed by atoms with van der Waals surface area (Å²) in [6.07, 6.45) is 1.54. The Labute approximate surface area is 77.1 Å². The Morgan fingerprint density at radius 2 is 2.23 bits per heavy atom. The van der Waals surface area contributed by atoms with Crippen LogP contribution in [0.2, 0.25) is 0 Å². The van der Waals surface area contributed by atoms with Crippen LogP contribution in [0.1, 0.15) is 17.0 Å². The summed E-state index contributed by atoms with van der Waals surface area (Å²) in [7, 11) is 0. The first-order valence-corrected chi connectivity index (χ1v) is 3.84. The largest absolute Gasteiger partial charge is 0.207 e. The lowest BCUT2D eigenvalue weighted by Gasteiger charge is -2.07. The fraction of sp³-hybridized carbons (Fsp3) is 0.0909. The number of halogens is 1. The lowest BCUT2D eigenvalue weighted by Crippen LogP contribution is -1.94. The van der Waals surface area contributed by atoms with Crippen LogP contribution < -0.4 is 0 Å². The molecule has 0 aliphatic heterocycles. The molecule has 1 atom stereocenters. The number of rotatable bonds is 2. The van der Waals surface area contributed by atoms with Crippen molar-refractivity contribution in [2.75, 3.05) is 0 Å². The smallest absolute Gasteiger partial charge is 0.127 e. The van der Waals surface area contributed by atoms with Gasteiger partial charge >= 0.3 is 0 Å². The van der Waals surface area contributed by atoms with Gasteiger partial charge < -0.3 is 0 Å². The molecule has 2 heteroatoms. The van der Waals surface area contributed by atoms with Crippen LogP contribution in [-0.4, -0.2) is 0 Å². The molecule has 1 rings (SSSR count). The first-order chi connectivity index (χ1) is 6.19. The van der Waals surface area contributed by atoms with Crippen LogP contribution in [0.25, 0.3) is 0 Å². The van der Waals surface area contributed by atoms with Gasteiger partial charge in [0.25, 0.3) is 0 Å². The van der Waals surface area contributed by atoms with E-state index in [4.69, 9.17) is 5.26 Å². The second-order valence-electron chi connectivity index (χ2n) is 2.69. The average molecular weight is 174 g/mol. The predicted octanol–water partition coefficient (Wildman–Crippen LogP) is 2.80. The molecule has 1 aromatic carbocycles. The van der Waals surface area contributed by atoms with Gasteiger partial charge in [-0.15, -0.1) is 6.58 Å². The normalized spacial score (nSPS) is 11.8. The summed E-state index contributed by atoms with van der Waals surface area (Å²) >= 11 is 0. The highest BCUT2D eigenvalue weighted by molar-refractivity contribution is 5.37. The maximum atomic E-state index is 13.1. The predicted molar refractivity (Wildman–Crippen MR) is 49.4 cm³/mol. The molecule has 0 amide bonds. The fourth-order valence-corrected chi connectivity index (χ4v) is 1.02. The van der Waals surface area contributed by atoms with Crippen molar-refractivity contribution in [1.29, 1.82) is 5.26 Å². The molecular formula is C11H9FN. The van der Waals surface area contributed by atoms with Crippen LogP contribution in [0.4, 0.5) is 4.39 Å². The zero-order valence-corrected chi connectivity index (χ0v) is 7.13. The molecule has 0 saturated heterocycles. The molecule has 1 unspecified atom stereocenters. The van der Waals surface area contributed by atoms with Gasteiger partial charge in [-0.25, -0.2) is 4.39 Å². The third-order valence-corrected chi connectivity index (χ3v) is 1.81. The molecule has 0 saturated carbocycles. The molecule has 0 aliphatic carbocycles. The topological polar surface area (TPSA) is 23.8 Å². The molecule has 0 aromatic heterocycles. The SMILES string of the molecule is [CH2]C(C=C)c1cc(C#N)ccc1F. The van der Waals surface area contributed by atoms with Crippen molar-refractivity contribution in [3.8, 4) is 6.07 Å². The van der Waals surface area contributed by atoms with Crippen molar-refractivity contribution in [2.45, 2.75) is 5.92 Å². The van der Waals surface area contributed by atoms with Crippen molar-refractivity contribution < 1.29 is 4.39 Å². The van der Waals surface area contributed by atoms with Gasteiger partial charge in [-0.05, 0) is 30.7 Å². The minimum absolute atomic E-state index is 0.312. The number of nitrogens with zero attached hydrogens (tertiary/aromatic N) is 1. The van der Waals surface area contributed by atoms with E-state index in [0.717, 1.165) is 0 Å². The molecule has 13 heavy (non-hydrogen) atoms. The Kier molecular flexibility index (Phi) is 2.81. The fourth-order valence-electron chi connectivity index (χ4n) is 1.02. The van der Waals surface area contributed by atoms with Gasteiger partial charge in [-0.1, -0.05) is 6.08 Å². The van der Waals surface area contributed by atoms with Gasteiger partial charge in [0.2, 0.25) is 0 Å². The molecule has 65 valence electrons.